The Labute approximate surface area is 272 Å². The van der Waals surface area contributed by atoms with E-state index in [1.807, 2.05) is 0 Å². The third-order valence-corrected chi connectivity index (χ3v) is 10.0. The lowest BCUT2D eigenvalue weighted by molar-refractivity contribution is -0.278. The second-order valence-electron chi connectivity index (χ2n) is 10.8. The van der Waals surface area contributed by atoms with Gasteiger partial charge in [0.15, 0.2) is 23.7 Å². The van der Waals surface area contributed by atoms with E-state index in [4.69, 9.17) is 24.3 Å². The standard InChI is InChI=1S/C23H29N9O15P2/c24-23-27-19-13(20(38)28-23)26-8-32(19)21-17(36)15(34)12(44-21)7-43-48(39,40)47-49(41,42)46-22-18(37)16(35)14(33)11(45-22)6-31-5-10(29-30-31)9-2-1-3-25-4-9/h1-5,8,11-12,14-18,21-22,33-37H,6-7H2,(H,39,40)(H,41,42)(H3,24,27,28,38)/t11-,12+,14+,15+,16+,17+,18-,21+,22+/m0/s1. The van der Waals surface area contributed by atoms with Crippen molar-refractivity contribution < 1.29 is 67.3 Å². The van der Waals surface area contributed by atoms with E-state index in [-0.39, 0.29) is 23.7 Å². The van der Waals surface area contributed by atoms with Crippen molar-refractivity contribution in [1.82, 2.24) is 39.5 Å². The number of hydrogen-bond donors (Lipinski definition) is 9. The summed E-state index contributed by atoms with van der Waals surface area (Å²) in [5.41, 5.74) is 5.60. The van der Waals surface area contributed by atoms with E-state index < -0.39 is 83.1 Å². The van der Waals surface area contributed by atoms with Crippen molar-refractivity contribution in [2.24, 2.45) is 0 Å². The first kappa shape index (κ1) is 35.3. The normalized spacial score (nSPS) is 31.4. The molecule has 2 fully saturated rings. The van der Waals surface area contributed by atoms with Crippen LogP contribution in [0.2, 0.25) is 0 Å². The van der Waals surface area contributed by atoms with Crippen LogP contribution in [0.15, 0.2) is 41.8 Å². The smallest absolute Gasteiger partial charge is 0.388 e. The van der Waals surface area contributed by atoms with E-state index in [0.717, 1.165) is 10.9 Å². The minimum Gasteiger partial charge on any atom is -0.388 e. The van der Waals surface area contributed by atoms with Crippen LogP contribution < -0.4 is 11.3 Å². The van der Waals surface area contributed by atoms with Gasteiger partial charge in [-0.3, -0.25) is 28.4 Å². The first-order valence-corrected chi connectivity index (χ1v) is 17.1. The first-order valence-electron chi connectivity index (χ1n) is 14.1. The number of anilines is 1. The Morgan fingerprint density at radius 2 is 1.76 bits per heavy atom. The maximum atomic E-state index is 12.7. The molecule has 266 valence electrons. The number of aliphatic hydroxyl groups is 5. The first-order chi connectivity index (χ1) is 23.1. The summed E-state index contributed by atoms with van der Waals surface area (Å²) in [6, 6.07) is 3.38. The number of pyridine rings is 1. The lowest BCUT2D eigenvalue weighted by Crippen LogP contribution is -2.58. The van der Waals surface area contributed by atoms with Crippen LogP contribution in [0.4, 0.5) is 5.95 Å². The molecule has 6 heterocycles. The molecule has 0 bridgehead atoms. The Kier molecular flexibility index (Phi) is 9.80. The molecule has 2 unspecified atom stereocenters. The van der Waals surface area contributed by atoms with Crippen LogP contribution >= 0.6 is 15.6 Å². The molecule has 2 aliphatic rings. The van der Waals surface area contributed by atoms with Gasteiger partial charge in [0.2, 0.25) is 5.95 Å². The van der Waals surface area contributed by atoms with Crippen LogP contribution in [0.5, 0.6) is 0 Å². The molecule has 2 aliphatic heterocycles. The molecule has 10 N–H and O–H groups in total. The molecule has 4 aromatic rings. The number of nitrogens with two attached hydrogens (primary N) is 1. The van der Waals surface area contributed by atoms with Gasteiger partial charge in [0.1, 0.15) is 48.4 Å². The van der Waals surface area contributed by atoms with Crippen LogP contribution in [0.3, 0.4) is 0 Å². The highest BCUT2D eigenvalue weighted by molar-refractivity contribution is 7.61. The summed E-state index contributed by atoms with van der Waals surface area (Å²) in [5, 5.41) is 60.1. The average Bonchev–Trinajstić information content (AvgIpc) is 3.75. The summed E-state index contributed by atoms with van der Waals surface area (Å²) in [6.45, 7) is -1.30. The van der Waals surface area contributed by atoms with E-state index in [1.165, 1.54) is 17.1 Å². The van der Waals surface area contributed by atoms with Gasteiger partial charge in [-0.2, -0.15) is 9.29 Å². The van der Waals surface area contributed by atoms with Crippen LogP contribution in [-0.2, 0) is 38.5 Å². The van der Waals surface area contributed by atoms with Gasteiger partial charge in [-0.25, -0.2) is 18.8 Å². The van der Waals surface area contributed by atoms with E-state index in [2.05, 4.69) is 34.6 Å². The number of ether oxygens (including phenoxy) is 2. The van der Waals surface area contributed by atoms with E-state index in [1.54, 1.807) is 18.3 Å². The molecule has 0 aromatic carbocycles. The Balaban J connectivity index is 1.07. The average molecular weight is 733 g/mol. The highest BCUT2D eigenvalue weighted by Crippen LogP contribution is 2.61. The molecule has 4 aromatic heterocycles. The van der Waals surface area contributed by atoms with E-state index in [0.29, 0.717) is 11.3 Å². The Morgan fingerprint density at radius 1 is 1.00 bits per heavy atom. The van der Waals surface area contributed by atoms with Gasteiger partial charge in [-0.05, 0) is 12.1 Å². The molecule has 0 spiro atoms. The number of rotatable bonds is 11. The Bertz CT molecular complexity index is 1950. The zero-order valence-corrected chi connectivity index (χ0v) is 26.4. The number of aromatic nitrogens is 8. The van der Waals surface area contributed by atoms with Gasteiger partial charge >= 0.3 is 15.6 Å². The number of nitrogens with one attached hydrogen (secondary N) is 1. The molecule has 24 nitrogen and oxygen atoms in total. The van der Waals surface area contributed by atoms with Crippen molar-refractivity contribution in [3.63, 3.8) is 0 Å². The Morgan fingerprint density at radius 3 is 2.49 bits per heavy atom. The Hall–Kier alpha value is -3.58. The SMILES string of the molecule is Nc1nc2c(ncn2[C@@H]2O[C@H](COP(=O)(O)OP(=O)(O)O[C@H]3O[C@@H](Cn4cc(-c5cccnc5)nn4)[C@@H](O)[C@@H](O)[C@@H]3O)[C@@H](O)[C@H]2O)c(=O)[nH]1. The summed E-state index contributed by atoms with van der Waals surface area (Å²) in [4.78, 5) is 46.5. The zero-order valence-electron chi connectivity index (χ0n) is 24.6. The second-order valence-corrected chi connectivity index (χ2v) is 13.8. The maximum absolute atomic E-state index is 12.7. The molecular weight excluding hydrogens is 704 g/mol. The minimum absolute atomic E-state index is 0.114. The van der Waals surface area contributed by atoms with Crippen molar-refractivity contribution in [3.8, 4) is 11.3 Å². The highest BCUT2D eigenvalue weighted by atomic mass is 31.3. The maximum Gasteiger partial charge on any atom is 0.483 e. The topological polar surface area (TPSA) is 355 Å². The van der Waals surface area contributed by atoms with Gasteiger partial charge in [-0.1, -0.05) is 5.21 Å². The van der Waals surface area contributed by atoms with Gasteiger partial charge in [0.05, 0.1) is 25.7 Å². The molecule has 6 rings (SSSR count). The predicted octanol–water partition coefficient (Wildman–Crippen LogP) is -3.27. The number of H-pyrrole nitrogens is 1. The van der Waals surface area contributed by atoms with Crippen LogP contribution in [0.1, 0.15) is 6.23 Å². The number of aliphatic hydroxyl groups excluding tert-OH is 5. The van der Waals surface area contributed by atoms with Crippen LogP contribution in [0, 0.1) is 0 Å². The number of nitrogen functional groups attached to an aromatic ring is 1. The number of fused-ring (bicyclic) bond motifs is 1. The lowest BCUT2D eigenvalue weighted by atomic mass is 9.99. The van der Waals surface area contributed by atoms with Gasteiger partial charge in [0, 0.05) is 18.0 Å². The third-order valence-electron chi connectivity index (χ3n) is 7.44. The summed E-state index contributed by atoms with van der Waals surface area (Å²) >= 11 is 0. The van der Waals surface area contributed by atoms with Gasteiger partial charge in [0.25, 0.3) is 5.56 Å². The third kappa shape index (κ3) is 7.47. The molecule has 0 saturated carbocycles. The zero-order chi connectivity index (χ0) is 35.2. The molecule has 0 radical (unpaired) electrons. The molecule has 2 saturated heterocycles. The number of phosphoric acid groups is 2. The molecule has 0 aliphatic carbocycles. The molecule has 11 atom stereocenters. The lowest BCUT2D eigenvalue weighted by Gasteiger charge is -2.40. The molecular formula is C23H29N9O15P2. The molecule has 26 heteroatoms. The monoisotopic (exact) mass is 733 g/mol. The van der Waals surface area contributed by atoms with E-state index >= 15 is 0 Å². The van der Waals surface area contributed by atoms with Crippen molar-refractivity contribution in [2.45, 2.75) is 61.8 Å². The number of aromatic amines is 1. The fourth-order valence-corrected chi connectivity index (χ4v) is 7.23. The molecule has 49 heavy (non-hydrogen) atoms. The van der Waals surface area contributed by atoms with Crippen LogP contribution in [-0.4, -0.2) is 130 Å². The second kappa shape index (κ2) is 13.6. The molecule has 0 amide bonds. The fourth-order valence-electron chi connectivity index (χ4n) is 5.07. The summed E-state index contributed by atoms with van der Waals surface area (Å²) in [7, 11) is -11.2. The predicted molar refractivity (Wildman–Crippen MR) is 156 cm³/mol. The van der Waals surface area contributed by atoms with Gasteiger partial charge < -0.3 is 50.5 Å². The van der Waals surface area contributed by atoms with Gasteiger partial charge in [-0.15, -0.1) is 5.10 Å². The largest absolute Gasteiger partial charge is 0.483 e. The summed E-state index contributed by atoms with van der Waals surface area (Å²) in [5.74, 6) is -0.279. The number of nitrogens with zero attached hydrogens (tertiary/aromatic N) is 7. The van der Waals surface area contributed by atoms with E-state index in [9.17, 15) is 49.2 Å². The number of hydrogen-bond acceptors (Lipinski definition) is 19. The highest BCUT2D eigenvalue weighted by Gasteiger charge is 2.50. The fraction of sp³-hybridized carbons (Fsp3) is 0.478. The number of imidazole rings is 1. The van der Waals surface area contributed by atoms with Crippen molar-refractivity contribution >= 4 is 32.8 Å². The van der Waals surface area contributed by atoms with Crippen LogP contribution in [0.25, 0.3) is 22.4 Å². The summed E-state index contributed by atoms with van der Waals surface area (Å²) in [6.07, 6.45) is -10.3. The summed E-state index contributed by atoms with van der Waals surface area (Å²) < 4.78 is 52.2. The number of phosphoric ester groups is 2. The van der Waals surface area contributed by atoms with Crippen molar-refractivity contribution in [1.29, 1.82) is 0 Å². The minimum atomic E-state index is -5.66. The van der Waals surface area contributed by atoms with Crippen molar-refractivity contribution in [3.05, 3.63) is 47.4 Å². The van der Waals surface area contributed by atoms with Crippen molar-refractivity contribution in [2.75, 3.05) is 12.3 Å². The quantitative estimate of drug-likeness (QED) is 0.0683.